The summed E-state index contributed by atoms with van der Waals surface area (Å²) in [6, 6.07) is -0.813. The molecule has 2 atom stereocenters. The van der Waals surface area contributed by atoms with Gasteiger partial charge in [0.2, 0.25) is 5.91 Å². The number of piperidine rings is 1. The number of imide groups is 1. The standard InChI is InChI=1S/C10H19N3O3/c1-7-6-13(4-2-8(7)14)5-3-9(15)12-10(11)16/h7-8,14H,2-6H2,1H3,(H3,11,12,15,16). The van der Waals surface area contributed by atoms with Gasteiger partial charge in [-0.15, -0.1) is 0 Å². The number of aliphatic hydroxyl groups excluding tert-OH is 1. The number of likely N-dealkylation sites (tertiary alicyclic amines) is 1. The quantitative estimate of drug-likeness (QED) is 0.594. The average Bonchev–Trinajstić information content (AvgIpc) is 2.19. The highest BCUT2D eigenvalue weighted by atomic mass is 16.3. The van der Waals surface area contributed by atoms with Gasteiger partial charge in [-0.3, -0.25) is 10.1 Å². The van der Waals surface area contributed by atoms with Gasteiger partial charge in [-0.1, -0.05) is 6.92 Å². The molecule has 2 unspecified atom stereocenters. The zero-order valence-electron chi connectivity index (χ0n) is 9.48. The Morgan fingerprint density at radius 2 is 2.25 bits per heavy atom. The fourth-order valence-electron chi connectivity index (χ4n) is 1.88. The van der Waals surface area contributed by atoms with Gasteiger partial charge in [0.15, 0.2) is 0 Å². The second kappa shape index (κ2) is 5.81. The molecular weight excluding hydrogens is 210 g/mol. The third-order valence-electron chi connectivity index (χ3n) is 2.86. The van der Waals surface area contributed by atoms with E-state index in [1.165, 1.54) is 0 Å². The second-order valence-corrected chi connectivity index (χ2v) is 4.30. The van der Waals surface area contributed by atoms with E-state index in [1.807, 2.05) is 12.2 Å². The van der Waals surface area contributed by atoms with Crippen LogP contribution >= 0.6 is 0 Å². The third kappa shape index (κ3) is 4.16. The van der Waals surface area contributed by atoms with Crippen molar-refractivity contribution in [1.82, 2.24) is 10.2 Å². The maximum absolute atomic E-state index is 11.2. The molecule has 0 aliphatic carbocycles. The van der Waals surface area contributed by atoms with Crippen LogP contribution in [0.5, 0.6) is 0 Å². The Kier molecular flexibility index (Phi) is 4.70. The predicted octanol–water partition coefficient (Wildman–Crippen LogP) is -0.726. The number of rotatable bonds is 3. The molecule has 1 fully saturated rings. The van der Waals surface area contributed by atoms with Crippen molar-refractivity contribution in [3.8, 4) is 0 Å². The summed E-state index contributed by atoms with van der Waals surface area (Å²) in [7, 11) is 0. The van der Waals surface area contributed by atoms with Crippen LogP contribution in [0.2, 0.25) is 0 Å². The van der Waals surface area contributed by atoms with Crippen molar-refractivity contribution in [1.29, 1.82) is 0 Å². The summed E-state index contributed by atoms with van der Waals surface area (Å²) in [4.78, 5) is 23.7. The lowest BCUT2D eigenvalue weighted by Gasteiger charge is -2.34. The molecule has 0 saturated carbocycles. The van der Waals surface area contributed by atoms with Gasteiger partial charge < -0.3 is 15.7 Å². The van der Waals surface area contributed by atoms with Crippen molar-refractivity contribution < 1.29 is 14.7 Å². The number of nitrogens with zero attached hydrogens (tertiary/aromatic N) is 1. The molecule has 1 aliphatic rings. The third-order valence-corrected chi connectivity index (χ3v) is 2.86. The predicted molar refractivity (Wildman–Crippen MR) is 58.6 cm³/mol. The van der Waals surface area contributed by atoms with Crippen molar-refractivity contribution >= 4 is 11.9 Å². The Labute approximate surface area is 94.8 Å². The summed E-state index contributed by atoms with van der Waals surface area (Å²) in [5.41, 5.74) is 4.82. The first-order valence-corrected chi connectivity index (χ1v) is 5.48. The van der Waals surface area contributed by atoms with E-state index in [-0.39, 0.29) is 24.3 Å². The lowest BCUT2D eigenvalue weighted by molar-refractivity contribution is -0.120. The van der Waals surface area contributed by atoms with Crippen LogP contribution in [0.3, 0.4) is 0 Å². The van der Waals surface area contributed by atoms with Gasteiger partial charge in [0, 0.05) is 26.1 Å². The van der Waals surface area contributed by atoms with Gasteiger partial charge >= 0.3 is 6.03 Å². The molecule has 6 heteroatoms. The number of urea groups is 1. The van der Waals surface area contributed by atoms with Gasteiger partial charge in [-0.2, -0.15) is 0 Å². The van der Waals surface area contributed by atoms with Crippen LogP contribution in [0.1, 0.15) is 19.8 Å². The normalized spacial score (nSPS) is 26.4. The molecule has 0 aromatic heterocycles. The van der Waals surface area contributed by atoms with Crippen molar-refractivity contribution in [3.63, 3.8) is 0 Å². The highest BCUT2D eigenvalue weighted by Crippen LogP contribution is 2.16. The molecule has 4 N–H and O–H groups in total. The molecule has 0 radical (unpaired) electrons. The van der Waals surface area contributed by atoms with Crippen LogP contribution in [-0.2, 0) is 4.79 Å². The Bertz CT molecular complexity index is 270. The molecule has 0 aromatic carbocycles. The first kappa shape index (κ1) is 12.9. The molecule has 16 heavy (non-hydrogen) atoms. The van der Waals surface area contributed by atoms with E-state index in [4.69, 9.17) is 5.73 Å². The molecule has 0 spiro atoms. The van der Waals surface area contributed by atoms with E-state index in [0.717, 1.165) is 19.5 Å². The Morgan fingerprint density at radius 3 is 2.81 bits per heavy atom. The van der Waals surface area contributed by atoms with Crippen LogP contribution in [0.15, 0.2) is 0 Å². The minimum absolute atomic E-state index is 0.230. The SMILES string of the molecule is CC1CN(CCC(=O)NC(N)=O)CCC1O. The van der Waals surface area contributed by atoms with Crippen LogP contribution in [0, 0.1) is 5.92 Å². The van der Waals surface area contributed by atoms with Gasteiger partial charge in [-0.05, 0) is 12.3 Å². The zero-order valence-corrected chi connectivity index (χ0v) is 9.48. The van der Waals surface area contributed by atoms with E-state index in [1.54, 1.807) is 0 Å². The lowest BCUT2D eigenvalue weighted by Crippen LogP contribution is -2.44. The number of nitrogens with one attached hydrogen (secondary N) is 1. The number of amides is 3. The summed E-state index contributed by atoms with van der Waals surface area (Å²) < 4.78 is 0. The van der Waals surface area contributed by atoms with E-state index in [0.29, 0.717) is 6.54 Å². The number of aliphatic hydroxyl groups is 1. The highest BCUT2D eigenvalue weighted by molar-refractivity contribution is 5.93. The smallest absolute Gasteiger partial charge is 0.318 e. The molecule has 6 nitrogen and oxygen atoms in total. The van der Waals surface area contributed by atoms with Crippen molar-refractivity contribution in [2.45, 2.75) is 25.9 Å². The maximum Gasteiger partial charge on any atom is 0.318 e. The summed E-state index contributed by atoms with van der Waals surface area (Å²) in [6.45, 7) is 4.15. The first-order chi connectivity index (χ1) is 7.49. The van der Waals surface area contributed by atoms with Crippen molar-refractivity contribution in [2.75, 3.05) is 19.6 Å². The monoisotopic (exact) mass is 229 g/mol. The number of hydrogen-bond donors (Lipinski definition) is 3. The molecule has 1 aliphatic heterocycles. The number of primary amides is 1. The summed E-state index contributed by atoms with van der Waals surface area (Å²) >= 11 is 0. The summed E-state index contributed by atoms with van der Waals surface area (Å²) in [6.07, 6.45) is 0.750. The minimum atomic E-state index is -0.813. The largest absolute Gasteiger partial charge is 0.393 e. The lowest BCUT2D eigenvalue weighted by atomic mass is 9.97. The van der Waals surface area contributed by atoms with Crippen LogP contribution < -0.4 is 11.1 Å². The molecule has 3 amide bonds. The number of hydrogen-bond acceptors (Lipinski definition) is 4. The van der Waals surface area contributed by atoms with E-state index in [9.17, 15) is 14.7 Å². The Morgan fingerprint density at radius 1 is 1.56 bits per heavy atom. The molecule has 1 saturated heterocycles. The van der Waals surface area contributed by atoms with Crippen molar-refractivity contribution in [3.05, 3.63) is 0 Å². The van der Waals surface area contributed by atoms with Crippen molar-refractivity contribution in [2.24, 2.45) is 11.7 Å². The fraction of sp³-hybridized carbons (Fsp3) is 0.800. The Balaban J connectivity index is 2.23. The fourth-order valence-corrected chi connectivity index (χ4v) is 1.88. The Hall–Kier alpha value is -1.14. The van der Waals surface area contributed by atoms with Gasteiger partial charge in [0.1, 0.15) is 0 Å². The second-order valence-electron chi connectivity index (χ2n) is 4.30. The highest BCUT2D eigenvalue weighted by Gasteiger charge is 2.24. The molecular formula is C10H19N3O3. The number of nitrogens with two attached hydrogens (primary N) is 1. The first-order valence-electron chi connectivity index (χ1n) is 5.48. The van der Waals surface area contributed by atoms with Gasteiger partial charge in [0.05, 0.1) is 6.10 Å². The summed E-state index contributed by atoms with van der Waals surface area (Å²) in [5.74, 6) is -0.126. The van der Waals surface area contributed by atoms with Crippen LogP contribution in [0.25, 0.3) is 0 Å². The van der Waals surface area contributed by atoms with E-state index >= 15 is 0 Å². The summed E-state index contributed by atoms with van der Waals surface area (Å²) in [5, 5.41) is 11.6. The molecule has 0 bridgehead atoms. The molecule has 1 rings (SSSR count). The van der Waals surface area contributed by atoms with Crippen LogP contribution in [-0.4, -0.2) is 47.7 Å². The molecule has 0 aromatic rings. The number of carbonyl (C=O) groups excluding carboxylic acids is 2. The van der Waals surface area contributed by atoms with Gasteiger partial charge in [-0.25, -0.2) is 4.79 Å². The molecule has 92 valence electrons. The average molecular weight is 229 g/mol. The topological polar surface area (TPSA) is 95.7 Å². The number of carbonyl (C=O) groups is 2. The maximum atomic E-state index is 11.2. The van der Waals surface area contributed by atoms with E-state index in [2.05, 4.69) is 4.90 Å². The molecule has 1 heterocycles. The van der Waals surface area contributed by atoms with Gasteiger partial charge in [0.25, 0.3) is 0 Å². The van der Waals surface area contributed by atoms with E-state index < -0.39 is 6.03 Å². The minimum Gasteiger partial charge on any atom is -0.393 e. The zero-order chi connectivity index (χ0) is 12.1. The van der Waals surface area contributed by atoms with Crippen LogP contribution in [0.4, 0.5) is 4.79 Å².